The largest absolute Gasteiger partial charge is 0.383 e. The molecule has 0 aliphatic heterocycles. The predicted octanol–water partition coefficient (Wildman–Crippen LogP) is 3.92. The van der Waals surface area contributed by atoms with Crippen molar-refractivity contribution in [2.24, 2.45) is 5.92 Å². The second-order valence-electron chi connectivity index (χ2n) is 5.71. The van der Waals surface area contributed by atoms with Crippen molar-refractivity contribution in [1.82, 2.24) is 4.90 Å². The first kappa shape index (κ1) is 17.3. The summed E-state index contributed by atoms with van der Waals surface area (Å²) >= 11 is 5.10. The zero-order chi connectivity index (χ0) is 16.3. The number of benzene rings is 1. The molecule has 5 heteroatoms. The van der Waals surface area contributed by atoms with E-state index in [1.165, 1.54) is 0 Å². The molecule has 1 fully saturated rings. The van der Waals surface area contributed by atoms with Crippen molar-refractivity contribution in [2.75, 3.05) is 20.4 Å². The van der Waals surface area contributed by atoms with Crippen LogP contribution in [-0.4, -0.2) is 36.8 Å². The fraction of sp³-hybridized carbons (Fsp3) is 0.412. The molecule has 1 aliphatic carbocycles. The summed E-state index contributed by atoms with van der Waals surface area (Å²) < 4.78 is 0.944. The van der Waals surface area contributed by atoms with Gasteiger partial charge >= 0.3 is 0 Å². The van der Waals surface area contributed by atoms with Gasteiger partial charge in [0, 0.05) is 42.0 Å². The van der Waals surface area contributed by atoms with E-state index < -0.39 is 0 Å². The summed E-state index contributed by atoms with van der Waals surface area (Å²) in [6, 6.07) is 5.62. The third-order valence-electron chi connectivity index (χ3n) is 3.46. The average Bonchev–Trinajstić information content (AvgIpc) is 3.28. The van der Waals surface area contributed by atoms with Crippen LogP contribution in [0.15, 0.2) is 34.4 Å². The normalized spacial score (nSPS) is 14.8. The molecule has 1 aromatic rings. The van der Waals surface area contributed by atoms with Crippen molar-refractivity contribution in [3.63, 3.8) is 0 Å². The number of rotatable bonds is 7. The summed E-state index contributed by atoms with van der Waals surface area (Å²) in [4.78, 5) is 27.1. The van der Waals surface area contributed by atoms with Crippen LogP contribution in [0.5, 0.6) is 0 Å². The summed E-state index contributed by atoms with van der Waals surface area (Å²) in [6.07, 6.45) is 5.46. The SMILES string of the molecule is CSCc1cc(Br)ccc1C(=O)C(=CN(C)C)C(=O)C1CC1. The first-order valence-corrected chi connectivity index (χ1v) is 9.37. The number of carbonyl (C=O) groups excluding carboxylic acids is 2. The molecule has 0 amide bonds. The molecule has 0 aromatic heterocycles. The molecule has 1 saturated carbocycles. The Kier molecular flexibility index (Phi) is 5.87. The van der Waals surface area contributed by atoms with Gasteiger partial charge in [0.2, 0.25) is 0 Å². The minimum atomic E-state index is -0.165. The minimum absolute atomic E-state index is 0.0169. The highest BCUT2D eigenvalue weighted by Gasteiger charge is 2.35. The molecule has 2 rings (SSSR count). The standard InChI is InChI=1S/C17H20BrNO2S/c1-19(2)9-15(16(20)11-4-5-11)17(21)14-7-6-13(18)8-12(14)10-22-3/h6-9,11H,4-5,10H2,1-3H3. The van der Waals surface area contributed by atoms with Crippen LogP contribution in [0.2, 0.25) is 0 Å². The van der Waals surface area contributed by atoms with Gasteiger partial charge in [-0.1, -0.05) is 15.9 Å². The van der Waals surface area contributed by atoms with Crippen LogP contribution in [0.3, 0.4) is 0 Å². The summed E-state index contributed by atoms with van der Waals surface area (Å²) in [5.74, 6) is 0.598. The zero-order valence-electron chi connectivity index (χ0n) is 13.1. The molecule has 0 saturated heterocycles. The van der Waals surface area contributed by atoms with E-state index in [4.69, 9.17) is 0 Å². The van der Waals surface area contributed by atoms with E-state index in [0.717, 1.165) is 28.6 Å². The molecule has 22 heavy (non-hydrogen) atoms. The van der Waals surface area contributed by atoms with Crippen molar-refractivity contribution in [1.29, 1.82) is 0 Å². The van der Waals surface area contributed by atoms with Crippen molar-refractivity contribution >= 4 is 39.3 Å². The Labute approximate surface area is 144 Å². The fourth-order valence-corrected chi connectivity index (χ4v) is 3.22. The number of ketones is 2. The van der Waals surface area contributed by atoms with Gasteiger partial charge < -0.3 is 4.90 Å². The van der Waals surface area contributed by atoms with Crippen LogP contribution in [0.25, 0.3) is 0 Å². The first-order chi connectivity index (χ1) is 10.4. The van der Waals surface area contributed by atoms with Crippen LogP contribution >= 0.6 is 27.7 Å². The van der Waals surface area contributed by atoms with Gasteiger partial charge in [0.15, 0.2) is 11.6 Å². The quantitative estimate of drug-likeness (QED) is 0.310. The Morgan fingerprint density at radius 2 is 2.05 bits per heavy atom. The Morgan fingerprint density at radius 1 is 1.36 bits per heavy atom. The van der Waals surface area contributed by atoms with Crippen LogP contribution in [0.1, 0.15) is 28.8 Å². The molecule has 1 aliphatic rings. The second-order valence-corrected chi connectivity index (χ2v) is 7.49. The van der Waals surface area contributed by atoms with E-state index in [0.29, 0.717) is 11.1 Å². The Morgan fingerprint density at radius 3 is 2.59 bits per heavy atom. The van der Waals surface area contributed by atoms with Crippen LogP contribution in [-0.2, 0) is 10.5 Å². The summed E-state index contributed by atoms with van der Waals surface area (Å²) in [7, 11) is 3.66. The smallest absolute Gasteiger partial charge is 0.198 e. The highest BCUT2D eigenvalue weighted by atomic mass is 79.9. The van der Waals surface area contributed by atoms with Crippen molar-refractivity contribution in [2.45, 2.75) is 18.6 Å². The fourth-order valence-electron chi connectivity index (χ4n) is 2.26. The number of halogens is 1. The lowest BCUT2D eigenvalue weighted by atomic mass is 9.95. The Bertz CT molecular complexity index is 621. The van der Waals surface area contributed by atoms with Gasteiger partial charge in [0.1, 0.15) is 0 Å². The Balaban J connectivity index is 2.40. The molecule has 1 aromatic carbocycles. The maximum Gasteiger partial charge on any atom is 0.198 e. The third kappa shape index (κ3) is 4.23. The first-order valence-electron chi connectivity index (χ1n) is 7.18. The molecular formula is C17H20BrNO2S. The molecule has 0 N–H and O–H groups in total. The maximum atomic E-state index is 12.9. The molecular weight excluding hydrogens is 362 g/mol. The van der Waals surface area contributed by atoms with Crippen LogP contribution in [0.4, 0.5) is 0 Å². The topological polar surface area (TPSA) is 37.4 Å². The van der Waals surface area contributed by atoms with Crippen molar-refractivity contribution < 1.29 is 9.59 Å². The van der Waals surface area contributed by atoms with Crippen LogP contribution < -0.4 is 0 Å². The van der Waals surface area contributed by atoms with Crippen molar-refractivity contribution in [3.05, 3.63) is 45.6 Å². The molecule has 0 unspecified atom stereocenters. The highest BCUT2D eigenvalue weighted by Crippen LogP contribution is 2.34. The van der Waals surface area contributed by atoms with Gasteiger partial charge in [-0.25, -0.2) is 0 Å². The number of Topliss-reactive ketones (excluding diaryl/α,β-unsaturated/α-hetero) is 2. The minimum Gasteiger partial charge on any atom is -0.383 e. The van der Waals surface area contributed by atoms with Gasteiger partial charge in [-0.2, -0.15) is 11.8 Å². The number of allylic oxidation sites excluding steroid dienone is 1. The van der Waals surface area contributed by atoms with E-state index in [-0.39, 0.29) is 17.5 Å². The lowest BCUT2D eigenvalue weighted by Crippen LogP contribution is -2.19. The summed E-state index contributed by atoms with van der Waals surface area (Å²) in [5.41, 5.74) is 1.89. The van der Waals surface area contributed by atoms with E-state index in [9.17, 15) is 9.59 Å². The molecule has 0 spiro atoms. The van der Waals surface area contributed by atoms with Gasteiger partial charge in [-0.3, -0.25) is 9.59 Å². The average molecular weight is 382 g/mol. The molecule has 0 radical (unpaired) electrons. The molecule has 0 bridgehead atoms. The number of carbonyl (C=O) groups is 2. The highest BCUT2D eigenvalue weighted by molar-refractivity contribution is 9.10. The number of hydrogen-bond donors (Lipinski definition) is 0. The monoisotopic (exact) mass is 381 g/mol. The van der Waals surface area contributed by atoms with Gasteiger partial charge in [0.05, 0.1) is 5.57 Å². The van der Waals surface area contributed by atoms with E-state index in [2.05, 4.69) is 15.9 Å². The predicted molar refractivity (Wildman–Crippen MR) is 95.2 cm³/mol. The van der Waals surface area contributed by atoms with Crippen LogP contribution in [0, 0.1) is 5.92 Å². The van der Waals surface area contributed by atoms with E-state index >= 15 is 0 Å². The van der Waals surface area contributed by atoms with Gasteiger partial charge in [0.25, 0.3) is 0 Å². The maximum absolute atomic E-state index is 12.9. The number of hydrogen-bond acceptors (Lipinski definition) is 4. The summed E-state index contributed by atoms with van der Waals surface area (Å²) in [6.45, 7) is 0. The molecule has 3 nitrogen and oxygen atoms in total. The van der Waals surface area contributed by atoms with Crippen molar-refractivity contribution in [3.8, 4) is 0 Å². The molecule has 0 atom stereocenters. The summed E-state index contributed by atoms with van der Waals surface area (Å²) in [5, 5.41) is 0. The molecule has 118 valence electrons. The van der Waals surface area contributed by atoms with Gasteiger partial charge in [-0.15, -0.1) is 0 Å². The molecule has 0 heterocycles. The Hall–Kier alpha value is -1.07. The lowest BCUT2D eigenvalue weighted by molar-refractivity contribution is -0.116. The lowest BCUT2D eigenvalue weighted by Gasteiger charge is -2.13. The van der Waals surface area contributed by atoms with E-state index in [1.807, 2.05) is 38.6 Å². The van der Waals surface area contributed by atoms with Gasteiger partial charge in [-0.05, 0) is 42.9 Å². The second kappa shape index (κ2) is 7.47. The zero-order valence-corrected chi connectivity index (χ0v) is 15.5. The third-order valence-corrected chi connectivity index (χ3v) is 4.55. The number of nitrogens with zero attached hydrogens (tertiary/aromatic N) is 1. The number of thioether (sulfide) groups is 1. The van der Waals surface area contributed by atoms with E-state index in [1.54, 1.807) is 22.9 Å².